The van der Waals surface area contributed by atoms with Crippen molar-refractivity contribution in [3.8, 4) is 5.75 Å². The zero-order valence-corrected chi connectivity index (χ0v) is 18.1. The van der Waals surface area contributed by atoms with Crippen molar-refractivity contribution in [2.75, 3.05) is 7.11 Å². The average molecular weight is 435 g/mol. The van der Waals surface area contributed by atoms with Gasteiger partial charge in [0.05, 0.1) is 18.1 Å². The number of hydrogen-bond donors (Lipinski definition) is 3. The summed E-state index contributed by atoms with van der Waals surface area (Å²) in [4.78, 5) is 37.1. The Morgan fingerprint density at radius 3 is 2.38 bits per heavy atom. The number of benzene rings is 2. The van der Waals surface area contributed by atoms with Crippen molar-refractivity contribution in [1.82, 2.24) is 19.3 Å². The van der Waals surface area contributed by atoms with E-state index < -0.39 is 11.8 Å². The summed E-state index contributed by atoms with van der Waals surface area (Å²) < 4.78 is 8.30. The maximum atomic E-state index is 12.8. The van der Waals surface area contributed by atoms with Crippen molar-refractivity contribution in [3.63, 3.8) is 0 Å². The third-order valence-corrected chi connectivity index (χ3v) is 5.89. The minimum Gasteiger partial charge on any atom is -0.497 e. The fourth-order valence-corrected chi connectivity index (χ4v) is 4.19. The number of aryl methyl sites for hydroxylation is 2. The van der Waals surface area contributed by atoms with Crippen LogP contribution >= 0.6 is 0 Å². The second kappa shape index (κ2) is 8.26. The van der Waals surface area contributed by atoms with Crippen LogP contribution in [0.15, 0.2) is 52.1 Å². The second-order valence-electron chi connectivity index (χ2n) is 7.87. The number of carbonyl (C=O) groups excluding carboxylic acids is 1. The summed E-state index contributed by atoms with van der Waals surface area (Å²) in [7, 11) is 5.00. The summed E-state index contributed by atoms with van der Waals surface area (Å²) in [6.07, 6.45) is 0.419. The SMILES string of the molecule is COc1ccc(Cc2[nH][nH]c(=O)c2[C@H](CC(N)=O)c2ccc3c(c2)n(C)c(=O)n3C)cc1. The van der Waals surface area contributed by atoms with Gasteiger partial charge in [0.25, 0.3) is 5.56 Å². The predicted octanol–water partition coefficient (Wildman–Crippen LogP) is 1.50. The van der Waals surface area contributed by atoms with Crippen molar-refractivity contribution in [1.29, 1.82) is 0 Å². The summed E-state index contributed by atoms with van der Waals surface area (Å²) in [6, 6.07) is 13.0. The van der Waals surface area contributed by atoms with E-state index in [1.807, 2.05) is 42.5 Å². The highest BCUT2D eigenvalue weighted by Crippen LogP contribution is 2.30. The minimum absolute atomic E-state index is 0.0389. The van der Waals surface area contributed by atoms with Gasteiger partial charge in [-0.2, -0.15) is 0 Å². The molecule has 0 fully saturated rings. The Balaban J connectivity index is 1.81. The third-order valence-electron chi connectivity index (χ3n) is 5.89. The molecular weight excluding hydrogens is 410 g/mol. The van der Waals surface area contributed by atoms with Gasteiger partial charge in [-0.05, 0) is 35.4 Å². The van der Waals surface area contributed by atoms with E-state index in [1.165, 1.54) is 0 Å². The highest BCUT2D eigenvalue weighted by molar-refractivity contribution is 5.79. The lowest BCUT2D eigenvalue weighted by atomic mass is 9.87. The van der Waals surface area contributed by atoms with Gasteiger partial charge >= 0.3 is 5.69 Å². The van der Waals surface area contributed by atoms with E-state index in [1.54, 1.807) is 30.3 Å². The maximum absolute atomic E-state index is 12.8. The first-order valence-electron chi connectivity index (χ1n) is 10.2. The molecule has 1 amide bonds. The maximum Gasteiger partial charge on any atom is 0.328 e. The van der Waals surface area contributed by atoms with Gasteiger partial charge in [-0.25, -0.2) is 4.79 Å². The molecule has 9 heteroatoms. The molecule has 0 aliphatic heterocycles. The number of aromatic amines is 2. The number of nitrogens with zero attached hydrogens (tertiary/aromatic N) is 2. The van der Waals surface area contributed by atoms with Crippen molar-refractivity contribution in [2.24, 2.45) is 19.8 Å². The molecule has 0 unspecified atom stereocenters. The number of hydrogen-bond acceptors (Lipinski definition) is 4. The molecule has 1 atom stereocenters. The van der Waals surface area contributed by atoms with Gasteiger partial charge in [0.2, 0.25) is 5.91 Å². The van der Waals surface area contributed by atoms with Crippen LogP contribution in [0.1, 0.15) is 34.7 Å². The predicted molar refractivity (Wildman–Crippen MR) is 121 cm³/mol. The Kier molecular flexibility index (Phi) is 5.48. The molecule has 0 saturated heterocycles. The van der Waals surface area contributed by atoms with E-state index in [0.29, 0.717) is 23.2 Å². The molecule has 4 rings (SSSR count). The number of fused-ring (bicyclic) bond motifs is 1. The number of methoxy groups -OCH3 is 1. The third kappa shape index (κ3) is 3.73. The van der Waals surface area contributed by atoms with Crippen LogP contribution in [0.3, 0.4) is 0 Å². The highest BCUT2D eigenvalue weighted by atomic mass is 16.5. The van der Waals surface area contributed by atoms with E-state index in [9.17, 15) is 14.4 Å². The number of rotatable bonds is 7. The summed E-state index contributed by atoms with van der Waals surface area (Å²) >= 11 is 0. The van der Waals surface area contributed by atoms with Crippen LogP contribution in [0.5, 0.6) is 5.75 Å². The minimum atomic E-state index is -0.560. The first kappa shape index (κ1) is 21.2. The molecule has 0 aliphatic rings. The molecule has 166 valence electrons. The van der Waals surface area contributed by atoms with Gasteiger partial charge in [-0.1, -0.05) is 18.2 Å². The zero-order chi connectivity index (χ0) is 23.0. The summed E-state index contributed by atoms with van der Waals surface area (Å²) in [5.74, 6) is -0.339. The number of nitrogens with two attached hydrogens (primary N) is 1. The number of primary amides is 1. The van der Waals surface area contributed by atoms with Gasteiger partial charge in [0.1, 0.15) is 5.75 Å². The standard InChI is InChI=1S/C23H25N5O4/c1-27-18-9-6-14(11-19(18)28(2)23(27)31)16(12-20(24)29)21-17(25-26-22(21)30)10-13-4-7-15(32-3)8-5-13/h4-9,11,16H,10,12H2,1-3H3,(H2,24,29)(H2,25,26,30)/t16-/m1/s1. The van der Waals surface area contributed by atoms with Crippen LogP contribution in [-0.2, 0) is 25.3 Å². The molecule has 0 aliphatic carbocycles. The summed E-state index contributed by atoms with van der Waals surface area (Å²) in [5.41, 5.74) is 9.42. The Hall–Kier alpha value is -4.01. The molecule has 0 saturated carbocycles. The lowest BCUT2D eigenvalue weighted by Gasteiger charge is -2.16. The van der Waals surface area contributed by atoms with E-state index >= 15 is 0 Å². The van der Waals surface area contributed by atoms with E-state index in [4.69, 9.17) is 10.5 Å². The Morgan fingerprint density at radius 1 is 1.03 bits per heavy atom. The van der Waals surface area contributed by atoms with Crippen LogP contribution in [-0.4, -0.2) is 32.3 Å². The van der Waals surface area contributed by atoms with Crippen LogP contribution in [0, 0.1) is 0 Å². The van der Waals surface area contributed by atoms with Crippen LogP contribution in [0.4, 0.5) is 0 Å². The lowest BCUT2D eigenvalue weighted by Crippen LogP contribution is -2.21. The molecule has 4 aromatic rings. The normalized spacial score (nSPS) is 12.2. The van der Waals surface area contributed by atoms with Crippen molar-refractivity contribution in [2.45, 2.75) is 18.8 Å². The van der Waals surface area contributed by atoms with Crippen LogP contribution < -0.4 is 21.7 Å². The number of ether oxygens (including phenoxy) is 1. The van der Waals surface area contributed by atoms with Gasteiger partial charge < -0.3 is 15.6 Å². The fraction of sp³-hybridized carbons (Fsp3) is 0.261. The van der Waals surface area contributed by atoms with Crippen molar-refractivity contribution < 1.29 is 9.53 Å². The number of carbonyl (C=O) groups is 1. The largest absolute Gasteiger partial charge is 0.497 e. The molecule has 2 heterocycles. The van der Waals surface area contributed by atoms with E-state index in [-0.39, 0.29) is 17.7 Å². The first-order valence-corrected chi connectivity index (χ1v) is 10.2. The van der Waals surface area contributed by atoms with Gasteiger partial charge in [0, 0.05) is 44.1 Å². The fourth-order valence-electron chi connectivity index (χ4n) is 4.19. The number of nitrogens with one attached hydrogen (secondary N) is 2. The first-order chi connectivity index (χ1) is 15.3. The Bertz CT molecular complexity index is 1410. The lowest BCUT2D eigenvalue weighted by molar-refractivity contribution is -0.118. The molecular formula is C23H25N5O4. The molecule has 0 spiro atoms. The quantitative estimate of drug-likeness (QED) is 0.406. The van der Waals surface area contributed by atoms with Gasteiger partial charge in [-0.15, -0.1) is 0 Å². The number of amides is 1. The molecule has 2 aromatic carbocycles. The summed E-state index contributed by atoms with van der Waals surface area (Å²) in [5, 5.41) is 5.60. The Labute approximate surface area is 183 Å². The van der Waals surface area contributed by atoms with Crippen molar-refractivity contribution in [3.05, 3.63) is 85.7 Å². The molecule has 0 bridgehead atoms. The smallest absolute Gasteiger partial charge is 0.328 e. The van der Waals surface area contributed by atoms with Crippen LogP contribution in [0.25, 0.3) is 11.0 Å². The van der Waals surface area contributed by atoms with Gasteiger partial charge in [0.15, 0.2) is 0 Å². The summed E-state index contributed by atoms with van der Waals surface area (Å²) in [6.45, 7) is 0. The number of H-pyrrole nitrogens is 2. The van der Waals surface area contributed by atoms with Gasteiger partial charge in [-0.3, -0.25) is 23.8 Å². The molecule has 4 N–H and O–H groups in total. The number of imidazole rings is 1. The van der Waals surface area contributed by atoms with E-state index in [2.05, 4.69) is 10.2 Å². The number of aromatic nitrogens is 4. The Morgan fingerprint density at radius 2 is 1.72 bits per heavy atom. The molecule has 0 radical (unpaired) electrons. The van der Waals surface area contributed by atoms with Crippen molar-refractivity contribution >= 4 is 16.9 Å². The van der Waals surface area contributed by atoms with Crippen LogP contribution in [0.2, 0.25) is 0 Å². The topological polar surface area (TPSA) is 128 Å². The highest BCUT2D eigenvalue weighted by Gasteiger charge is 2.25. The molecule has 32 heavy (non-hydrogen) atoms. The average Bonchev–Trinajstić information content (AvgIpc) is 3.24. The second-order valence-corrected chi connectivity index (χ2v) is 7.87. The van der Waals surface area contributed by atoms with E-state index in [0.717, 1.165) is 22.4 Å². The monoisotopic (exact) mass is 435 g/mol. The molecule has 9 nitrogen and oxygen atoms in total. The molecule has 2 aromatic heterocycles. The zero-order valence-electron chi connectivity index (χ0n) is 18.1.